The van der Waals surface area contributed by atoms with E-state index in [1.807, 2.05) is 0 Å². The molecular formula is C18H28N2. The van der Waals surface area contributed by atoms with E-state index in [0.717, 1.165) is 11.8 Å². The van der Waals surface area contributed by atoms with Crippen molar-refractivity contribution in [1.82, 2.24) is 4.90 Å². The zero-order valence-corrected chi connectivity index (χ0v) is 12.9. The first-order chi connectivity index (χ1) is 9.66. The smallest absolute Gasteiger partial charge is 0.0455 e. The van der Waals surface area contributed by atoms with Gasteiger partial charge in [-0.3, -0.25) is 4.90 Å². The van der Waals surface area contributed by atoms with Gasteiger partial charge in [-0.1, -0.05) is 38.1 Å². The van der Waals surface area contributed by atoms with Crippen molar-refractivity contribution in [2.75, 3.05) is 13.1 Å². The first-order valence-corrected chi connectivity index (χ1v) is 8.24. The van der Waals surface area contributed by atoms with Crippen molar-refractivity contribution in [3.8, 4) is 0 Å². The maximum Gasteiger partial charge on any atom is 0.0455 e. The van der Waals surface area contributed by atoms with Crippen molar-refractivity contribution >= 4 is 0 Å². The number of rotatable bonds is 2. The zero-order valence-electron chi connectivity index (χ0n) is 12.9. The molecule has 1 fully saturated rings. The van der Waals surface area contributed by atoms with Gasteiger partial charge >= 0.3 is 0 Å². The number of hydrogen-bond acceptors (Lipinski definition) is 2. The van der Waals surface area contributed by atoms with Crippen LogP contribution in [-0.2, 0) is 6.42 Å². The van der Waals surface area contributed by atoms with Gasteiger partial charge in [-0.05, 0) is 61.7 Å². The normalized spacial score (nSPS) is 28.6. The Morgan fingerprint density at radius 1 is 1.10 bits per heavy atom. The van der Waals surface area contributed by atoms with Crippen LogP contribution < -0.4 is 5.73 Å². The molecule has 2 unspecified atom stereocenters. The lowest BCUT2D eigenvalue weighted by Crippen LogP contribution is -2.49. The van der Waals surface area contributed by atoms with Crippen molar-refractivity contribution in [3.05, 3.63) is 35.4 Å². The van der Waals surface area contributed by atoms with Crippen LogP contribution in [0.25, 0.3) is 0 Å². The van der Waals surface area contributed by atoms with Gasteiger partial charge in [0.05, 0.1) is 0 Å². The van der Waals surface area contributed by atoms with Crippen molar-refractivity contribution in [1.29, 1.82) is 0 Å². The number of aryl methyl sites for hydroxylation is 1. The summed E-state index contributed by atoms with van der Waals surface area (Å²) in [4.78, 5) is 2.67. The molecule has 2 N–H and O–H groups in total. The number of fused-ring (bicyclic) bond motifs is 1. The number of hydrogen-bond donors (Lipinski definition) is 1. The lowest BCUT2D eigenvalue weighted by molar-refractivity contribution is 0.0918. The maximum absolute atomic E-state index is 6.57. The molecule has 0 bridgehead atoms. The summed E-state index contributed by atoms with van der Waals surface area (Å²) in [5.74, 6) is 1.75. The summed E-state index contributed by atoms with van der Waals surface area (Å²) >= 11 is 0. The molecule has 0 amide bonds. The minimum Gasteiger partial charge on any atom is -0.323 e. The van der Waals surface area contributed by atoms with Crippen molar-refractivity contribution in [2.24, 2.45) is 17.6 Å². The molecule has 2 heteroatoms. The Labute approximate surface area is 123 Å². The molecule has 1 aromatic rings. The summed E-state index contributed by atoms with van der Waals surface area (Å²) in [5, 5.41) is 0. The summed E-state index contributed by atoms with van der Waals surface area (Å²) < 4.78 is 0. The Balaban J connectivity index is 1.68. The highest BCUT2D eigenvalue weighted by Gasteiger charge is 2.33. The number of nitrogens with two attached hydrogens (primary N) is 1. The number of benzene rings is 1. The quantitative estimate of drug-likeness (QED) is 0.894. The van der Waals surface area contributed by atoms with Gasteiger partial charge in [-0.2, -0.15) is 0 Å². The van der Waals surface area contributed by atoms with Gasteiger partial charge in [0.15, 0.2) is 0 Å². The second-order valence-electron chi connectivity index (χ2n) is 6.95. The van der Waals surface area contributed by atoms with Crippen LogP contribution in [0.5, 0.6) is 0 Å². The number of likely N-dealkylation sites (tertiary alicyclic amines) is 1. The molecule has 0 aromatic heterocycles. The molecule has 1 aliphatic carbocycles. The van der Waals surface area contributed by atoms with Gasteiger partial charge < -0.3 is 5.73 Å². The van der Waals surface area contributed by atoms with Crippen molar-refractivity contribution < 1.29 is 0 Å². The minimum atomic E-state index is 0.204. The van der Waals surface area contributed by atoms with Crippen LogP contribution in [0.1, 0.15) is 50.3 Å². The Morgan fingerprint density at radius 2 is 1.80 bits per heavy atom. The Morgan fingerprint density at radius 3 is 2.50 bits per heavy atom. The third-order valence-corrected chi connectivity index (χ3v) is 5.52. The van der Waals surface area contributed by atoms with Gasteiger partial charge in [-0.25, -0.2) is 0 Å². The molecule has 1 heterocycles. The Bertz CT molecular complexity index is 446. The van der Waals surface area contributed by atoms with Gasteiger partial charge in [0.2, 0.25) is 0 Å². The minimum absolute atomic E-state index is 0.204. The molecule has 2 nitrogen and oxygen atoms in total. The molecule has 2 aliphatic rings. The van der Waals surface area contributed by atoms with Gasteiger partial charge in [0, 0.05) is 12.1 Å². The van der Waals surface area contributed by atoms with Gasteiger partial charge in [-0.15, -0.1) is 0 Å². The second-order valence-corrected chi connectivity index (χ2v) is 6.95. The van der Waals surface area contributed by atoms with E-state index in [4.69, 9.17) is 5.73 Å². The highest BCUT2D eigenvalue weighted by atomic mass is 15.2. The molecule has 2 atom stereocenters. The monoisotopic (exact) mass is 272 g/mol. The Hall–Kier alpha value is -0.860. The topological polar surface area (TPSA) is 29.3 Å². The average Bonchev–Trinajstić information content (AvgIpc) is 2.48. The first-order valence-electron chi connectivity index (χ1n) is 8.24. The van der Waals surface area contributed by atoms with Crippen LogP contribution in [0, 0.1) is 11.8 Å². The van der Waals surface area contributed by atoms with E-state index >= 15 is 0 Å². The Kier molecular flexibility index (Phi) is 4.13. The maximum atomic E-state index is 6.57. The predicted molar refractivity (Wildman–Crippen MR) is 84.6 cm³/mol. The molecule has 0 radical (unpaired) electrons. The molecule has 1 saturated heterocycles. The molecule has 0 spiro atoms. The standard InChI is InChI=1S/C18H28N2/c1-13(2)14-9-11-20(12-10-14)17-8-7-15-5-3-4-6-16(15)18(17)19/h3-6,13-14,17-18H,7-12,19H2,1-2H3. The molecular weight excluding hydrogens is 244 g/mol. The van der Waals surface area contributed by atoms with Crippen LogP contribution in [0.4, 0.5) is 0 Å². The fourth-order valence-corrected chi connectivity index (χ4v) is 4.10. The third kappa shape index (κ3) is 2.64. The zero-order chi connectivity index (χ0) is 14.1. The molecule has 20 heavy (non-hydrogen) atoms. The van der Waals surface area contributed by atoms with Gasteiger partial charge in [0.25, 0.3) is 0 Å². The van der Waals surface area contributed by atoms with E-state index in [9.17, 15) is 0 Å². The fourth-order valence-electron chi connectivity index (χ4n) is 4.10. The average molecular weight is 272 g/mol. The van der Waals surface area contributed by atoms with Crippen molar-refractivity contribution in [2.45, 2.75) is 51.6 Å². The van der Waals surface area contributed by atoms with Crippen LogP contribution in [0.2, 0.25) is 0 Å². The van der Waals surface area contributed by atoms with E-state index in [0.29, 0.717) is 6.04 Å². The highest BCUT2D eigenvalue weighted by molar-refractivity contribution is 5.33. The molecule has 110 valence electrons. The molecule has 0 saturated carbocycles. The van der Waals surface area contributed by atoms with E-state index in [2.05, 4.69) is 43.0 Å². The lowest BCUT2D eigenvalue weighted by atomic mass is 9.81. The summed E-state index contributed by atoms with van der Waals surface area (Å²) in [5.41, 5.74) is 9.42. The van der Waals surface area contributed by atoms with Crippen LogP contribution in [0.15, 0.2) is 24.3 Å². The first kappa shape index (κ1) is 14.1. The van der Waals surface area contributed by atoms with Crippen LogP contribution in [0.3, 0.4) is 0 Å². The van der Waals surface area contributed by atoms with Gasteiger partial charge in [0.1, 0.15) is 0 Å². The second kappa shape index (κ2) is 5.87. The van der Waals surface area contributed by atoms with Crippen LogP contribution >= 0.6 is 0 Å². The van der Waals surface area contributed by atoms with E-state index in [-0.39, 0.29) is 6.04 Å². The van der Waals surface area contributed by atoms with E-state index in [1.54, 1.807) is 0 Å². The highest BCUT2D eigenvalue weighted by Crippen LogP contribution is 2.34. The van der Waals surface area contributed by atoms with E-state index < -0.39 is 0 Å². The third-order valence-electron chi connectivity index (χ3n) is 5.52. The summed E-state index contributed by atoms with van der Waals surface area (Å²) in [6.07, 6.45) is 5.12. The number of nitrogens with zero attached hydrogens (tertiary/aromatic N) is 1. The molecule has 1 aromatic carbocycles. The molecule has 1 aliphatic heterocycles. The number of piperidine rings is 1. The van der Waals surface area contributed by atoms with Crippen LogP contribution in [-0.4, -0.2) is 24.0 Å². The largest absolute Gasteiger partial charge is 0.323 e. The van der Waals surface area contributed by atoms with E-state index in [1.165, 1.54) is 49.9 Å². The summed E-state index contributed by atoms with van der Waals surface area (Å²) in [6.45, 7) is 7.21. The predicted octanol–water partition coefficient (Wildman–Crippen LogP) is 3.37. The van der Waals surface area contributed by atoms with Crippen molar-refractivity contribution in [3.63, 3.8) is 0 Å². The SMILES string of the molecule is CC(C)C1CCN(C2CCc3ccccc3C2N)CC1. The lowest BCUT2D eigenvalue weighted by Gasteiger charge is -2.43. The molecule has 3 rings (SSSR count). The summed E-state index contributed by atoms with van der Waals surface area (Å²) in [7, 11) is 0. The fraction of sp³-hybridized carbons (Fsp3) is 0.667. The summed E-state index contributed by atoms with van der Waals surface area (Å²) in [6, 6.07) is 9.50.